The number of halogens is 3. The molecule has 1 aliphatic heterocycles. The Morgan fingerprint density at radius 3 is 2.40 bits per heavy atom. The molecule has 0 unspecified atom stereocenters. The largest absolute Gasteiger partial charge is 0.489 e. The summed E-state index contributed by atoms with van der Waals surface area (Å²) in [4.78, 5) is 15.4. The Kier molecular flexibility index (Phi) is 4.18. The minimum atomic E-state index is -1.55. The zero-order valence-corrected chi connectivity index (χ0v) is 12.7. The fraction of sp³-hybridized carbons (Fsp3) is 0.0588. The van der Waals surface area contributed by atoms with Crippen molar-refractivity contribution in [2.45, 2.75) is 0 Å². The lowest BCUT2D eigenvalue weighted by atomic mass is 9.93. The van der Waals surface area contributed by atoms with Crippen molar-refractivity contribution in [2.75, 3.05) is 6.61 Å². The molecule has 0 bridgehead atoms. The van der Waals surface area contributed by atoms with Gasteiger partial charge in [0.2, 0.25) is 0 Å². The van der Waals surface area contributed by atoms with Gasteiger partial charge in [0.05, 0.1) is 0 Å². The number of ether oxygens (including phenoxy) is 1. The molecule has 8 heteroatoms. The molecule has 1 amide bonds. The molecule has 0 fully saturated rings. The lowest BCUT2D eigenvalue weighted by Crippen LogP contribution is -2.24. The zero-order chi connectivity index (χ0) is 18.1. The SMILES string of the molecule is NC(N)=NC(=O)c1ccc2c(c1)C(c1cc(F)c(F)c(F)c1)=CCO2. The second-order valence-corrected chi connectivity index (χ2v) is 5.24. The molecule has 0 aromatic heterocycles. The molecule has 1 aliphatic rings. The van der Waals surface area contributed by atoms with Crippen LogP contribution in [0.2, 0.25) is 0 Å². The molecule has 128 valence electrons. The highest BCUT2D eigenvalue weighted by atomic mass is 19.2. The second-order valence-electron chi connectivity index (χ2n) is 5.24. The Morgan fingerprint density at radius 1 is 1.08 bits per heavy atom. The summed E-state index contributed by atoms with van der Waals surface area (Å²) in [7, 11) is 0. The number of aliphatic imine (C=N–C) groups is 1. The van der Waals surface area contributed by atoms with Gasteiger partial charge in [-0.05, 0) is 47.5 Å². The number of guanidine groups is 1. The second kappa shape index (κ2) is 6.31. The fourth-order valence-electron chi connectivity index (χ4n) is 2.49. The van der Waals surface area contributed by atoms with Crippen molar-refractivity contribution in [1.82, 2.24) is 0 Å². The van der Waals surface area contributed by atoms with Gasteiger partial charge in [-0.1, -0.05) is 0 Å². The van der Waals surface area contributed by atoms with Gasteiger partial charge >= 0.3 is 0 Å². The van der Waals surface area contributed by atoms with Crippen molar-refractivity contribution >= 4 is 17.4 Å². The van der Waals surface area contributed by atoms with E-state index in [1.54, 1.807) is 6.08 Å². The third-order valence-corrected chi connectivity index (χ3v) is 3.57. The van der Waals surface area contributed by atoms with Crippen molar-refractivity contribution in [3.05, 3.63) is 70.5 Å². The van der Waals surface area contributed by atoms with E-state index in [1.165, 1.54) is 18.2 Å². The van der Waals surface area contributed by atoms with Crippen molar-refractivity contribution in [1.29, 1.82) is 0 Å². The van der Waals surface area contributed by atoms with Gasteiger partial charge in [0, 0.05) is 11.1 Å². The summed E-state index contributed by atoms with van der Waals surface area (Å²) in [6, 6.07) is 6.18. The molecular formula is C17H12F3N3O2. The Bertz CT molecular complexity index is 912. The van der Waals surface area contributed by atoms with Gasteiger partial charge in [-0.2, -0.15) is 4.99 Å². The molecule has 5 nitrogen and oxygen atoms in total. The molecule has 3 rings (SSSR count). The fourth-order valence-corrected chi connectivity index (χ4v) is 2.49. The topological polar surface area (TPSA) is 90.7 Å². The van der Waals surface area contributed by atoms with Crippen LogP contribution in [0.1, 0.15) is 21.5 Å². The van der Waals surface area contributed by atoms with Crippen LogP contribution in [0.3, 0.4) is 0 Å². The number of carbonyl (C=O) groups is 1. The summed E-state index contributed by atoms with van der Waals surface area (Å²) in [5.41, 5.74) is 11.5. The summed E-state index contributed by atoms with van der Waals surface area (Å²) in [5, 5.41) is 0. The van der Waals surface area contributed by atoms with Crippen molar-refractivity contribution in [3.63, 3.8) is 0 Å². The molecule has 1 heterocycles. The first kappa shape index (κ1) is 16.6. The van der Waals surface area contributed by atoms with E-state index in [0.29, 0.717) is 16.9 Å². The van der Waals surface area contributed by atoms with E-state index in [4.69, 9.17) is 16.2 Å². The lowest BCUT2D eigenvalue weighted by molar-refractivity contribution is 0.100. The van der Waals surface area contributed by atoms with Gasteiger partial charge < -0.3 is 16.2 Å². The quantitative estimate of drug-likeness (QED) is 0.496. The van der Waals surface area contributed by atoms with E-state index in [1.807, 2.05) is 0 Å². The molecule has 2 aromatic carbocycles. The summed E-state index contributed by atoms with van der Waals surface area (Å²) in [5.74, 6) is -4.83. The van der Waals surface area contributed by atoms with Gasteiger partial charge in [-0.3, -0.25) is 4.79 Å². The average Bonchev–Trinajstić information content (AvgIpc) is 2.57. The summed E-state index contributed by atoms with van der Waals surface area (Å²) >= 11 is 0. The third kappa shape index (κ3) is 3.18. The first-order valence-electron chi connectivity index (χ1n) is 7.13. The maximum Gasteiger partial charge on any atom is 0.280 e. The first-order valence-corrected chi connectivity index (χ1v) is 7.13. The number of nitrogens with two attached hydrogens (primary N) is 2. The molecule has 4 N–H and O–H groups in total. The Labute approximate surface area is 140 Å². The number of hydrogen-bond acceptors (Lipinski definition) is 2. The Hall–Kier alpha value is -3.29. The predicted molar refractivity (Wildman–Crippen MR) is 85.5 cm³/mol. The monoisotopic (exact) mass is 347 g/mol. The van der Waals surface area contributed by atoms with Crippen LogP contribution in [0.5, 0.6) is 5.75 Å². The van der Waals surface area contributed by atoms with Gasteiger partial charge in [0.25, 0.3) is 5.91 Å². The van der Waals surface area contributed by atoms with Crippen molar-refractivity contribution in [3.8, 4) is 5.75 Å². The van der Waals surface area contributed by atoms with Crippen LogP contribution in [-0.2, 0) is 0 Å². The number of hydrogen-bond donors (Lipinski definition) is 2. The van der Waals surface area contributed by atoms with E-state index in [0.717, 1.165) is 12.1 Å². The van der Waals surface area contributed by atoms with Crippen LogP contribution in [0.4, 0.5) is 13.2 Å². The molecule has 0 spiro atoms. The summed E-state index contributed by atoms with van der Waals surface area (Å²) in [6.45, 7) is 0.157. The highest BCUT2D eigenvalue weighted by Gasteiger charge is 2.20. The van der Waals surface area contributed by atoms with Crippen LogP contribution in [0.15, 0.2) is 41.4 Å². The zero-order valence-electron chi connectivity index (χ0n) is 12.7. The number of amides is 1. The van der Waals surface area contributed by atoms with E-state index in [-0.39, 0.29) is 17.7 Å². The van der Waals surface area contributed by atoms with E-state index in [2.05, 4.69) is 4.99 Å². The lowest BCUT2D eigenvalue weighted by Gasteiger charge is -2.20. The number of fused-ring (bicyclic) bond motifs is 1. The number of benzene rings is 2. The van der Waals surface area contributed by atoms with Gasteiger partial charge in [-0.25, -0.2) is 13.2 Å². The van der Waals surface area contributed by atoms with Gasteiger partial charge in [-0.15, -0.1) is 0 Å². The number of carbonyl (C=O) groups excluding carboxylic acids is 1. The summed E-state index contributed by atoms with van der Waals surface area (Å²) in [6.07, 6.45) is 1.57. The summed E-state index contributed by atoms with van der Waals surface area (Å²) < 4.78 is 45.7. The Balaban J connectivity index is 2.10. The van der Waals surface area contributed by atoms with Crippen LogP contribution in [0.25, 0.3) is 5.57 Å². The smallest absolute Gasteiger partial charge is 0.280 e. The first-order chi connectivity index (χ1) is 11.9. The standard InChI is InChI=1S/C17H12F3N3O2/c18-12-6-9(7-13(19)15(12)20)10-3-4-25-14-2-1-8(5-11(10)14)16(24)23-17(21)22/h1-3,5-7H,4H2,(H4,21,22,23,24). The van der Waals surface area contributed by atoms with Crippen LogP contribution in [-0.4, -0.2) is 18.5 Å². The van der Waals surface area contributed by atoms with Crippen LogP contribution >= 0.6 is 0 Å². The van der Waals surface area contributed by atoms with Crippen LogP contribution in [0, 0.1) is 17.5 Å². The average molecular weight is 347 g/mol. The molecule has 0 saturated heterocycles. The maximum atomic E-state index is 13.5. The van der Waals surface area contributed by atoms with E-state index < -0.39 is 29.3 Å². The molecule has 0 aliphatic carbocycles. The van der Waals surface area contributed by atoms with E-state index in [9.17, 15) is 18.0 Å². The van der Waals surface area contributed by atoms with E-state index >= 15 is 0 Å². The highest BCUT2D eigenvalue weighted by Crippen LogP contribution is 2.36. The minimum absolute atomic E-state index is 0.118. The molecule has 0 radical (unpaired) electrons. The van der Waals surface area contributed by atoms with Crippen molar-refractivity contribution < 1.29 is 22.7 Å². The number of nitrogens with zero attached hydrogens (tertiary/aromatic N) is 1. The molecular weight excluding hydrogens is 335 g/mol. The number of rotatable bonds is 2. The predicted octanol–water partition coefficient (Wildman–Crippen LogP) is 2.34. The molecule has 25 heavy (non-hydrogen) atoms. The molecule has 2 aromatic rings. The van der Waals surface area contributed by atoms with Crippen LogP contribution < -0.4 is 16.2 Å². The van der Waals surface area contributed by atoms with Gasteiger partial charge in [0.15, 0.2) is 23.4 Å². The molecule has 0 saturated carbocycles. The minimum Gasteiger partial charge on any atom is -0.489 e. The maximum absolute atomic E-state index is 13.5. The Morgan fingerprint density at radius 2 is 1.76 bits per heavy atom. The van der Waals surface area contributed by atoms with Gasteiger partial charge in [0.1, 0.15) is 12.4 Å². The van der Waals surface area contributed by atoms with Crippen molar-refractivity contribution in [2.24, 2.45) is 16.5 Å². The highest BCUT2D eigenvalue weighted by molar-refractivity contribution is 6.03. The normalized spacial score (nSPS) is 12.7. The molecule has 0 atom stereocenters. The third-order valence-electron chi connectivity index (χ3n) is 3.57.